The Bertz CT molecular complexity index is 820. The highest BCUT2D eigenvalue weighted by Gasteiger charge is 2.20. The molecule has 0 unspecified atom stereocenters. The molecule has 6 heteroatoms. The summed E-state index contributed by atoms with van der Waals surface area (Å²) in [7, 11) is -3.48. The number of benzene rings is 2. The third-order valence-electron chi connectivity index (χ3n) is 4.20. The van der Waals surface area contributed by atoms with Gasteiger partial charge in [0.25, 0.3) is 0 Å². The number of hydrogen-bond acceptors (Lipinski definition) is 3. The van der Waals surface area contributed by atoms with Gasteiger partial charge >= 0.3 is 0 Å². The van der Waals surface area contributed by atoms with Gasteiger partial charge in [-0.1, -0.05) is 54.6 Å². The fourth-order valence-electron chi connectivity index (χ4n) is 2.65. The van der Waals surface area contributed by atoms with Crippen molar-refractivity contribution in [2.24, 2.45) is 0 Å². The minimum atomic E-state index is -3.48. The van der Waals surface area contributed by atoms with Crippen LogP contribution in [0.2, 0.25) is 0 Å². The molecule has 0 bridgehead atoms. The van der Waals surface area contributed by atoms with Gasteiger partial charge < -0.3 is 5.32 Å². The van der Waals surface area contributed by atoms with Crippen LogP contribution in [-0.4, -0.2) is 38.0 Å². The van der Waals surface area contributed by atoms with E-state index < -0.39 is 10.0 Å². The standard InChI is InChI=1S/C20H26N2O3S/c1-17-9-6-7-13-19(17)15-22(26(2,24)25)16-20(23)21-14-8-12-18-10-4-3-5-11-18/h3-7,9-11,13H,8,12,14-16H2,1-2H3,(H,21,23). The highest BCUT2D eigenvalue weighted by atomic mass is 32.2. The van der Waals surface area contributed by atoms with Gasteiger partial charge in [-0.2, -0.15) is 4.31 Å². The number of carbonyl (C=O) groups excluding carboxylic acids is 1. The number of nitrogens with one attached hydrogen (secondary N) is 1. The lowest BCUT2D eigenvalue weighted by Gasteiger charge is -2.20. The lowest BCUT2D eigenvalue weighted by atomic mass is 10.1. The van der Waals surface area contributed by atoms with Gasteiger partial charge in [0, 0.05) is 13.1 Å². The lowest BCUT2D eigenvalue weighted by molar-refractivity contribution is -0.121. The molecular formula is C20H26N2O3S. The molecule has 0 spiro atoms. The molecule has 2 aromatic rings. The second-order valence-electron chi connectivity index (χ2n) is 6.40. The van der Waals surface area contributed by atoms with E-state index in [1.807, 2.05) is 49.4 Å². The Labute approximate surface area is 156 Å². The Morgan fingerprint density at radius 1 is 1.04 bits per heavy atom. The number of hydrogen-bond donors (Lipinski definition) is 1. The van der Waals surface area contributed by atoms with Crippen LogP contribution >= 0.6 is 0 Å². The summed E-state index contributed by atoms with van der Waals surface area (Å²) >= 11 is 0. The molecule has 5 nitrogen and oxygen atoms in total. The topological polar surface area (TPSA) is 66.5 Å². The summed E-state index contributed by atoms with van der Waals surface area (Å²) in [5, 5.41) is 2.81. The molecule has 0 aliphatic rings. The van der Waals surface area contributed by atoms with Crippen molar-refractivity contribution in [2.45, 2.75) is 26.3 Å². The molecule has 2 aromatic carbocycles. The summed E-state index contributed by atoms with van der Waals surface area (Å²) < 4.78 is 25.3. The van der Waals surface area contributed by atoms with E-state index in [1.165, 1.54) is 9.87 Å². The second-order valence-corrected chi connectivity index (χ2v) is 8.38. The predicted octanol–water partition coefficient (Wildman–Crippen LogP) is 2.51. The zero-order valence-electron chi connectivity index (χ0n) is 15.3. The predicted molar refractivity (Wildman–Crippen MR) is 104 cm³/mol. The van der Waals surface area contributed by atoms with E-state index in [1.54, 1.807) is 0 Å². The molecule has 0 saturated carbocycles. The summed E-state index contributed by atoms with van der Waals surface area (Å²) in [4.78, 5) is 12.2. The Balaban J connectivity index is 1.85. The van der Waals surface area contributed by atoms with E-state index >= 15 is 0 Å². The van der Waals surface area contributed by atoms with Gasteiger partial charge in [0.2, 0.25) is 15.9 Å². The van der Waals surface area contributed by atoms with E-state index in [0.29, 0.717) is 6.54 Å². The molecule has 0 aromatic heterocycles. The first-order valence-electron chi connectivity index (χ1n) is 8.66. The van der Waals surface area contributed by atoms with Crippen molar-refractivity contribution in [3.8, 4) is 0 Å². The Hall–Kier alpha value is -2.18. The van der Waals surface area contributed by atoms with Gasteiger partial charge in [-0.15, -0.1) is 0 Å². The van der Waals surface area contributed by atoms with E-state index in [9.17, 15) is 13.2 Å². The molecule has 2 rings (SSSR count). The van der Waals surface area contributed by atoms with Gasteiger partial charge in [0.15, 0.2) is 0 Å². The van der Waals surface area contributed by atoms with Crippen molar-refractivity contribution in [2.75, 3.05) is 19.3 Å². The number of amides is 1. The van der Waals surface area contributed by atoms with E-state index in [0.717, 1.165) is 30.2 Å². The van der Waals surface area contributed by atoms with Crippen molar-refractivity contribution < 1.29 is 13.2 Å². The SMILES string of the molecule is Cc1ccccc1CN(CC(=O)NCCCc1ccccc1)S(C)(=O)=O. The fourth-order valence-corrected chi connectivity index (χ4v) is 3.37. The van der Waals surface area contributed by atoms with Crippen LogP contribution in [0.4, 0.5) is 0 Å². The first-order chi connectivity index (χ1) is 12.4. The van der Waals surface area contributed by atoms with Crippen LogP contribution in [0.3, 0.4) is 0 Å². The fraction of sp³-hybridized carbons (Fsp3) is 0.350. The highest BCUT2D eigenvalue weighted by Crippen LogP contribution is 2.12. The zero-order chi connectivity index (χ0) is 19.0. The van der Waals surface area contributed by atoms with Gasteiger partial charge in [-0.05, 0) is 36.5 Å². The third-order valence-corrected chi connectivity index (χ3v) is 5.40. The van der Waals surface area contributed by atoms with Crippen LogP contribution in [0.1, 0.15) is 23.1 Å². The lowest BCUT2D eigenvalue weighted by Crippen LogP contribution is -2.40. The highest BCUT2D eigenvalue weighted by molar-refractivity contribution is 7.88. The van der Waals surface area contributed by atoms with Crippen molar-refractivity contribution in [1.82, 2.24) is 9.62 Å². The van der Waals surface area contributed by atoms with Crippen molar-refractivity contribution in [3.05, 3.63) is 71.3 Å². The molecule has 1 amide bonds. The van der Waals surface area contributed by atoms with Crippen molar-refractivity contribution >= 4 is 15.9 Å². The Morgan fingerprint density at radius 3 is 2.35 bits per heavy atom. The number of carbonyl (C=O) groups is 1. The van der Waals surface area contributed by atoms with Crippen LogP contribution < -0.4 is 5.32 Å². The second kappa shape index (κ2) is 9.50. The van der Waals surface area contributed by atoms with Crippen molar-refractivity contribution in [3.63, 3.8) is 0 Å². The van der Waals surface area contributed by atoms with Gasteiger partial charge in [-0.25, -0.2) is 8.42 Å². The van der Waals surface area contributed by atoms with Gasteiger partial charge in [0.1, 0.15) is 0 Å². The molecule has 140 valence electrons. The monoisotopic (exact) mass is 374 g/mol. The minimum absolute atomic E-state index is 0.168. The molecule has 0 saturated heterocycles. The molecule has 1 N–H and O–H groups in total. The molecule has 0 heterocycles. The number of nitrogens with zero attached hydrogens (tertiary/aromatic N) is 1. The van der Waals surface area contributed by atoms with Gasteiger partial charge in [-0.3, -0.25) is 4.79 Å². The van der Waals surface area contributed by atoms with Crippen molar-refractivity contribution in [1.29, 1.82) is 0 Å². The normalized spacial score (nSPS) is 11.5. The van der Waals surface area contributed by atoms with E-state index in [2.05, 4.69) is 17.4 Å². The molecule has 0 aliphatic carbocycles. The molecule has 26 heavy (non-hydrogen) atoms. The molecule has 0 radical (unpaired) electrons. The maximum atomic E-state index is 12.2. The summed E-state index contributed by atoms with van der Waals surface area (Å²) in [6.45, 7) is 2.48. The number of aryl methyl sites for hydroxylation is 2. The first-order valence-corrected chi connectivity index (χ1v) is 10.5. The summed E-state index contributed by atoms with van der Waals surface area (Å²) in [5.41, 5.74) is 3.12. The maximum Gasteiger partial charge on any atom is 0.235 e. The molecule has 0 fully saturated rings. The zero-order valence-corrected chi connectivity index (χ0v) is 16.1. The molecular weight excluding hydrogens is 348 g/mol. The van der Waals surface area contributed by atoms with E-state index in [4.69, 9.17) is 0 Å². The van der Waals surface area contributed by atoms with Crippen LogP contribution in [0.5, 0.6) is 0 Å². The van der Waals surface area contributed by atoms with Crippen LogP contribution in [0.15, 0.2) is 54.6 Å². The Kier molecular flexibility index (Phi) is 7.36. The van der Waals surface area contributed by atoms with Gasteiger partial charge in [0.05, 0.1) is 12.8 Å². The van der Waals surface area contributed by atoms with Crippen LogP contribution in [0.25, 0.3) is 0 Å². The largest absolute Gasteiger partial charge is 0.355 e. The molecule has 0 atom stereocenters. The minimum Gasteiger partial charge on any atom is -0.355 e. The summed E-state index contributed by atoms with van der Waals surface area (Å²) in [5.74, 6) is -0.280. The van der Waals surface area contributed by atoms with Crippen LogP contribution in [0, 0.1) is 6.92 Å². The average Bonchev–Trinajstić information content (AvgIpc) is 2.60. The van der Waals surface area contributed by atoms with E-state index in [-0.39, 0.29) is 19.0 Å². The number of sulfonamides is 1. The smallest absolute Gasteiger partial charge is 0.235 e. The molecule has 0 aliphatic heterocycles. The summed E-state index contributed by atoms with van der Waals surface area (Å²) in [6, 6.07) is 17.6. The maximum absolute atomic E-state index is 12.2. The number of rotatable bonds is 9. The summed E-state index contributed by atoms with van der Waals surface area (Å²) in [6.07, 6.45) is 2.82. The Morgan fingerprint density at radius 2 is 1.69 bits per heavy atom. The van der Waals surface area contributed by atoms with Crippen LogP contribution in [-0.2, 0) is 27.8 Å². The average molecular weight is 375 g/mol. The quantitative estimate of drug-likeness (QED) is 0.686. The first kappa shape index (κ1) is 20.1. The third kappa shape index (κ3) is 6.61.